The molecule has 1 N–H and O–H groups in total. The van der Waals surface area contributed by atoms with Gasteiger partial charge in [-0.2, -0.15) is 4.31 Å². The molecule has 176 valence electrons. The number of rotatable bonds is 9. The number of piperazine rings is 1. The average Bonchev–Trinajstić information content (AvgIpc) is 2.79. The fourth-order valence-corrected chi connectivity index (χ4v) is 5.29. The van der Waals surface area contributed by atoms with Crippen LogP contribution in [0, 0.1) is 0 Å². The lowest BCUT2D eigenvalue weighted by Crippen LogP contribution is -2.47. The molecule has 9 heteroatoms. The zero-order valence-corrected chi connectivity index (χ0v) is 20.3. The summed E-state index contributed by atoms with van der Waals surface area (Å²) in [5, 5.41) is 0. The van der Waals surface area contributed by atoms with Crippen LogP contribution in [0.1, 0.15) is 44.9 Å². The lowest BCUT2D eigenvalue weighted by atomic mass is 10.1. The SMILES string of the molecule is CCCOc1ccc(S(=O)(=O)N2CCN(C)CC2)cc1-c1nc(CC)c(CCC)c(=O)[nH]1. The standard InChI is InChI=1S/C23H34N4O4S/c1-5-8-18-20(7-3)24-22(25-23(18)28)19-16-17(9-10-21(19)31-15-6-2)32(29,30)27-13-11-26(4)12-14-27/h9-10,16H,5-8,11-15H2,1-4H3,(H,24,25,28). The molecule has 1 aliphatic rings. The van der Waals surface area contributed by atoms with E-state index in [-0.39, 0.29) is 10.5 Å². The molecule has 1 fully saturated rings. The Hall–Kier alpha value is -2.23. The van der Waals surface area contributed by atoms with E-state index in [1.807, 2.05) is 27.8 Å². The molecule has 1 aromatic heterocycles. The van der Waals surface area contributed by atoms with Crippen molar-refractivity contribution in [1.82, 2.24) is 19.2 Å². The molecule has 2 heterocycles. The molecule has 0 spiro atoms. The first-order chi connectivity index (χ1) is 15.3. The molecule has 0 aliphatic carbocycles. The number of aromatic nitrogens is 2. The molecule has 32 heavy (non-hydrogen) atoms. The van der Waals surface area contributed by atoms with Crippen molar-refractivity contribution < 1.29 is 13.2 Å². The Morgan fingerprint density at radius 3 is 2.44 bits per heavy atom. The van der Waals surface area contributed by atoms with E-state index >= 15 is 0 Å². The molecular weight excluding hydrogens is 428 g/mol. The zero-order valence-electron chi connectivity index (χ0n) is 19.5. The van der Waals surface area contributed by atoms with E-state index in [4.69, 9.17) is 9.72 Å². The highest BCUT2D eigenvalue weighted by molar-refractivity contribution is 7.89. The number of aromatic amines is 1. The maximum atomic E-state index is 13.3. The van der Waals surface area contributed by atoms with Crippen LogP contribution in [-0.2, 0) is 22.9 Å². The third-order valence-corrected chi connectivity index (χ3v) is 7.60. The molecule has 1 aromatic carbocycles. The largest absolute Gasteiger partial charge is 0.493 e. The first-order valence-corrected chi connectivity index (χ1v) is 12.8. The molecule has 0 atom stereocenters. The van der Waals surface area contributed by atoms with Crippen LogP contribution in [0.5, 0.6) is 5.75 Å². The number of likely N-dealkylation sites (N-methyl/N-ethyl adjacent to an activating group) is 1. The molecule has 2 aromatic rings. The van der Waals surface area contributed by atoms with Gasteiger partial charge >= 0.3 is 0 Å². The molecular formula is C23H34N4O4S. The van der Waals surface area contributed by atoms with Gasteiger partial charge in [0.2, 0.25) is 10.0 Å². The van der Waals surface area contributed by atoms with Crippen molar-refractivity contribution in [2.24, 2.45) is 0 Å². The van der Waals surface area contributed by atoms with Crippen LogP contribution < -0.4 is 10.3 Å². The van der Waals surface area contributed by atoms with E-state index < -0.39 is 10.0 Å². The second-order valence-corrected chi connectivity index (χ2v) is 10.1. The van der Waals surface area contributed by atoms with E-state index in [2.05, 4.69) is 9.88 Å². The van der Waals surface area contributed by atoms with E-state index in [0.29, 0.717) is 68.3 Å². The summed E-state index contributed by atoms with van der Waals surface area (Å²) in [7, 11) is -1.68. The lowest BCUT2D eigenvalue weighted by Gasteiger charge is -2.31. The predicted octanol–water partition coefficient (Wildman–Crippen LogP) is 2.68. The van der Waals surface area contributed by atoms with Crippen LogP contribution in [0.25, 0.3) is 11.4 Å². The topological polar surface area (TPSA) is 95.6 Å². The van der Waals surface area contributed by atoms with Crippen molar-refractivity contribution in [2.45, 2.75) is 51.3 Å². The predicted molar refractivity (Wildman–Crippen MR) is 126 cm³/mol. The van der Waals surface area contributed by atoms with Gasteiger partial charge in [-0.1, -0.05) is 27.2 Å². The molecule has 1 saturated heterocycles. The molecule has 0 bridgehead atoms. The second-order valence-electron chi connectivity index (χ2n) is 8.16. The van der Waals surface area contributed by atoms with Gasteiger partial charge in [-0.15, -0.1) is 0 Å². The van der Waals surface area contributed by atoms with Crippen LogP contribution in [0.4, 0.5) is 0 Å². The number of nitrogens with zero attached hydrogens (tertiary/aromatic N) is 3. The van der Waals surface area contributed by atoms with Gasteiger partial charge in [0.1, 0.15) is 11.6 Å². The number of hydrogen-bond acceptors (Lipinski definition) is 6. The summed E-state index contributed by atoms with van der Waals surface area (Å²) < 4.78 is 34.0. The number of sulfonamides is 1. The molecule has 0 unspecified atom stereocenters. The van der Waals surface area contributed by atoms with E-state index in [1.54, 1.807) is 18.2 Å². The zero-order chi connectivity index (χ0) is 23.3. The average molecular weight is 463 g/mol. The Kier molecular flexibility index (Phi) is 8.08. The second kappa shape index (κ2) is 10.6. The summed E-state index contributed by atoms with van der Waals surface area (Å²) in [5.74, 6) is 0.853. The summed E-state index contributed by atoms with van der Waals surface area (Å²) in [6, 6.07) is 4.82. The van der Waals surface area contributed by atoms with E-state index in [0.717, 1.165) is 18.5 Å². The Bertz CT molecular complexity index is 1090. The molecule has 0 saturated carbocycles. The van der Waals surface area contributed by atoms with Crippen LogP contribution in [0.3, 0.4) is 0 Å². The van der Waals surface area contributed by atoms with Gasteiger partial charge in [-0.3, -0.25) is 4.79 Å². The Morgan fingerprint density at radius 1 is 1.09 bits per heavy atom. The van der Waals surface area contributed by atoms with Crippen LogP contribution in [0.15, 0.2) is 27.9 Å². The highest BCUT2D eigenvalue weighted by atomic mass is 32.2. The Balaban J connectivity index is 2.09. The summed E-state index contributed by atoms with van der Waals surface area (Å²) >= 11 is 0. The fraction of sp³-hybridized carbons (Fsp3) is 0.565. The molecule has 0 radical (unpaired) electrons. The van der Waals surface area contributed by atoms with Crippen molar-refractivity contribution in [3.05, 3.63) is 39.8 Å². The van der Waals surface area contributed by atoms with Crippen molar-refractivity contribution in [3.8, 4) is 17.1 Å². The maximum absolute atomic E-state index is 13.3. The number of ether oxygens (including phenoxy) is 1. The first-order valence-electron chi connectivity index (χ1n) is 11.4. The number of nitrogens with one attached hydrogen (secondary N) is 1. The van der Waals surface area contributed by atoms with Gasteiger partial charge in [0.25, 0.3) is 5.56 Å². The van der Waals surface area contributed by atoms with Crippen LogP contribution >= 0.6 is 0 Å². The van der Waals surface area contributed by atoms with E-state index in [1.165, 1.54) is 4.31 Å². The number of benzene rings is 1. The number of hydrogen-bond donors (Lipinski definition) is 1. The van der Waals surface area contributed by atoms with Gasteiger partial charge in [-0.05, 0) is 44.5 Å². The third kappa shape index (κ3) is 5.22. The summed E-state index contributed by atoms with van der Waals surface area (Å²) in [6.45, 7) is 8.75. The van der Waals surface area contributed by atoms with E-state index in [9.17, 15) is 13.2 Å². The smallest absolute Gasteiger partial charge is 0.254 e. The number of H-pyrrole nitrogens is 1. The van der Waals surface area contributed by atoms with Gasteiger partial charge in [0.05, 0.1) is 22.8 Å². The minimum Gasteiger partial charge on any atom is -0.493 e. The highest BCUT2D eigenvalue weighted by Gasteiger charge is 2.28. The van der Waals surface area contributed by atoms with Crippen molar-refractivity contribution >= 4 is 10.0 Å². The third-order valence-electron chi connectivity index (χ3n) is 5.70. The molecule has 3 rings (SSSR count). The van der Waals surface area contributed by atoms with Gasteiger partial charge in [-0.25, -0.2) is 13.4 Å². The van der Waals surface area contributed by atoms with Crippen molar-refractivity contribution in [1.29, 1.82) is 0 Å². The number of aryl methyl sites for hydroxylation is 1. The van der Waals surface area contributed by atoms with Crippen molar-refractivity contribution in [2.75, 3.05) is 39.8 Å². The maximum Gasteiger partial charge on any atom is 0.254 e. The minimum atomic E-state index is -3.66. The summed E-state index contributed by atoms with van der Waals surface area (Å²) in [5.41, 5.74) is 1.74. The minimum absolute atomic E-state index is 0.178. The normalized spacial score (nSPS) is 15.8. The lowest BCUT2D eigenvalue weighted by molar-refractivity contribution is 0.222. The first kappa shape index (κ1) is 24.4. The highest BCUT2D eigenvalue weighted by Crippen LogP contribution is 2.32. The summed E-state index contributed by atoms with van der Waals surface area (Å²) in [4.78, 5) is 22.7. The summed E-state index contributed by atoms with van der Waals surface area (Å²) in [6.07, 6.45) is 2.93. The van der Waals surface area contributed by atoms with Crippen LogP contribution in [0.2, 0.25) is 0 Å². The van der Waals surface area contributed by atoms with Gasteiger partial charge in [0.15, 0.2) is 0 Å². The van der Waals surface area contributed by atoms with Crippen LogP contribution in [-0.4, -0.2) is 67.4 Å². The quantitative estimate of drug-likeness (QED) is 0.616. The Morgan fingerprint density at radius 2 is 1.81 bits per heavy atom. The van der Waals surface area contributed by atoms with Gasteiger partial charge in [0, 0.05) is 31.7 Å². The van der Waals surface area contributed by atoms with Gasteiger partial charge < -0.3 is 14.6 Å². The molecule has 8 nitrogen and oxygen atoms in total. The fourth-order valence-electron chi connectivity index (χ4n) is 3.84. The monoisotopic (exact) mass is 462 g/mol. The molecule has 1 aliphatic heterocycles. The Labute approximate surface area is 190 Å². The van der Waals surface area contributed by atoms with Crippen molar-refractivity contribution in [3.63, 3.8) is 0 Å². The molecule has 0 amide bonds.